The maximum Gasteiger partial charge on any atom is 0.330 e. The summed E-state index contributed by atoms with van der Waals surface area (Å²) in [6.45, 7) is 5.92. The first-order valence-corrected chi connectivity index (χ1v) is 9.51. The van der Waals surface area contributed by atoms with E-state index >= 15 is 0 Å². The van der Waals surface area contributed by atoms with Gasteiger partial charge in [0.15, 0.2) is 12.0 Å². The van der Waals surface area contributed by atoms with Gasteiger partial charge in [0.2, 0.25) is 0 Å². The molecule has 1 aromatic heterocycles. The van der Waals surface area contributed by atoms with E-state index in [0.29, 0.717) is 12.1 Å². The lowest BCUT2D eigenvalue weighted by Gasteiger charge is -2.29. The lowest BCUT2D eigenvalue weighted by atomic mass is 10.1. The van der Waals surface area contributed by atoms with Crippen LogP contribution >= 0.6 is 0 Å². The number of hydrogen-bond donors (Lipinski definition) is 2. The fourth-order valence-corrected chi connectivity index (χ4v) is 4.53. The van der Waals surface area contributed by atoms with Crippen molar-refractivity contribution in [3.8, 4) is 0 Å². The Morgan fingerprint density at radius 1 is 1.25 bits per heavy atom. The van der Waals surface area contributed by atoms with Gasteiger partial charge in [-0.1, -0.05) is 0 Å². The van der Waals surface area contributed by atoms with Gasteiger partial charge in [-0.25, -0.2) is 4.79 Å². The minimum absolute atomic E-state index is 0. The van der Waals surface area contributed by atoms with Gasteiger partial charge >= 0.3 is 5.69 Å². The molecule has 4 atom stereocenters. The SMILES string of the molecule is CC1(C)O[C@@H]2[C@H](O1)[C@@H](CO)O[C@H]2n1cc(C[N+]2(C)CCCC2)c(=O)[nH]c1=O.[I-]. The van der Waals surface area contributed by atoms with Gasteiger partial charge in [-0.2, -0.15) is 0 Å². The van der Waals surface area contributed by atoms with Crippen molar-refractivity contribution in [1.82, 2.24) is 9.55 Å². The molecule has 0 aromatic carbocycles. The number of quaternary nitrogens is 1. The van der Waals surface area contributed by atoms with Gasteiger partial charge in [-0.05, 0) is 13.8 Å². The summed E-state index contributed by atoms with van der Waals surface area (Å²) in [4.78, 5) is 27.3. The molecule has 0 spiro atoms. The lowest BCUT2D eigenvalue weighted by molar-refractivity contribution is -0.911. The molecule has 3 fully saturated rings. The Bertz CT molecular complexity index is 831. The highest BCUT2D eigenvalue weighted by Gasteiger charge is 2.56. The molecule has 4 rings (SSSR count). The zero-order valence-electron chi connectivity index (χ0n) is 16.4. The zero-order chi connectivity index (χ0) is 19.4. The molecular formula is C18H28IN3O6. The maximum atomic E-state index is 12.5. The number of H-pyrrole nitrogens is 1. The van der Waals surface area contributed by atoms with Crippen LogP contribution in [0.15, 0.2) is 15.8 Å². The Morgan fingerprint density at radius 2 is 1.89 bits per heavy atom. The van der Waals surface area contributed by atoms with Crippen LogP contribution in [0, 0.1) is 0 Å². The standard InChI is InChI=1S/C18H27N3O6.HI/c1-18(2)26-13-12(10-22)25-16(14(13)27-18)20-8-11(15(23)19-17(20)24)9-21(3)6-4-5-7-21;/h8,12-14,16,22H,4-7,9-10H2,1-3H3;1H/t12-,13-,14-,16-;/m1./s1. The summed E-state index contributed by atoms with van der Waals surface area (Å²) in [6, 6.07) is 0. The first kappa shape index (κ1) is 21.9. The number of halogens is 1. The number of aromatic nitrogens is 2. The Balaban J connectivity index is 0.00000225. The van der Waals surface area contributed by atoms with Crippen LogP contribution in [-0.4, -0.2) is 70.0 Å². The summed E-state index contributed by atoms with van der Waals surface area (Å²) >= 11 is 0. The highest BCUT2D eigenvalue weighted by molar-refractivity contribution is 5.06. The Kier molecular flexibility index (Phi) is 6.10. The molecule has 3 aliphatic heterocycles. The molecule has 1 aromatic rings. The minimum Gasteiger partial charge on any atom is -1.00 e. The number of nitrogens with one attached hydrogen (secondary N) is 1. The average molecular weight is 509 g/mol. The van der Waals surface area contributed by atoms with Crippen LogP contribution in [0.3, 0.4) is 0 Å². The topological polar surface area (TPSA) is 103 Å². The number of hydrogen-bond acceptors (Lipinski definition) is 6. The molecule has 9 nitrogen and oxygen atoms in total. The maximum absolute atomic E-state index is 12.5. The number of ether oxygens (including phenoxy) is 3. The van der Waals surface area contributed by atoms with Crippen molar-refractivity contribution in [3.05, 3.63) is 32.6 Å². The van der Waals surface area contributed by atoms with Gasteiger partial charge in [0.25, 0.3) is 5.56 Å². The second-order valence-corrected chi connectivity index (χ2v) is 8.57. The van der Waals surface area contributed by atoms with E-state index in [9.17, 15) is 14.7 Å². The van der Waals surface area contributed by atoms with Crippen LogP contribution in [0.4, 0.5) is 0 Å². The van der Waals surface area contributed by atoms with Crippen LogP contribution < -0.4 is 35.2 Å². The van der Waals surface area contributed by atoms with Crippen LogP contribution in [0.5, 0.6) is 0 Å². The highest BCUT2D eigenvalue weighted by atomic mass is 127. The number of fused-ring (bicyclic) bond motifs is 1. The van der Waals surface area contributed by atoms with E-state index in [1.54, 1.807) is 20.0 Å². The molecule has 4 heterocycles. The second-order valence-electron chi connectivity index (χ2n) is 8.57. The predicted octanol–water partition coefficient (Wildman–Crippen LogP) is -3.31. The van der Waals surface area contributed by atoms with Gasteiger partial charge < -0.3 is 47.8 Å². The third kappa shape index (κ3) is 3.94. The number of nitrogens with zero attached hydrogens (tertiary/aromatic N) is 2. The molecule has 0 saturated carbocycles. The highest BCUT2D eigenvalue weighted by Crippen LogP contribution is 2.42. The van der Waals surface area contributed by atoms with Crippen molar-refractivity contribution < 1.29 is 47.8 Å². The third-order valence-corrected chi connectivity index (χ3v) is 5.82. The molecule has 0 aliphatic carbocycles. The van der Waals surface area contributed by atoms with Crippen molar-refractivity contribution >= 4 is 0 Å². The number of likely N-dealkylation sites (tertiary alicyclic amines) is 1. The Labute approximate surface area is 180 Å². The molecule has 0 radical (unpaired) electrons. The van der Waals surface area contributed by atoms with Crippen LogP contribution in [0.1, 0.15) is 38.5 Å². The molecule has 2 N–H and O–H groups in total. The lowest BCUT2D eigenvalue weighted by Crippen LogP contribution is -3.00. The van der Waals surface area contributed by atoms with Crippen LogP contribution in [-0.2, 0) is 20.8 Å². The van der Waals surface area contributed by atoms with Crippen molar-refractivity contribution in [2.45, 2.75) is 63.6 Å². The molecular weight excluding hydrogens is 481 g/mol. The van der Waals surface area contributed by atoms with E-state index in [1.807, 2.05) is 0 Å². The van der Waals surface area contributed by atoms with Crippen LogP contribution in [0.2, 0.25) is 0 Å². The number of rotatable bonds is 4. The van der Waals surface area contributed by atoms with Gasteiger partial charge in [-0.3, -0.25) is 14.3 Å². The fraction of sp³-hybridized carbons (Fsp3) is 0.778. The smallest absolute Gasteiger partial charge is 0.330 e. The summed E-state index contributed by atoms with van der Waals surface area (Å²) < 4.78 is 19.8. The van der Waals surface area contributed by atoms with E-state index in [0.717, 1.165) is 30.4 Å². The molecule has 0 bridgehead atoms. The van der Waals surface area contributed by atoms with Crippen molar-refractivity contribution in [3.63, 3.8) is 0 Å². The van der Waals surface area contributed by atoms with Crippen molar-refractivity contribution in [2.24, 2.45) is 0 Å². The normalized spacial score (nSPS) is 32.9. The minimum atomic E-state index is -0.826. The summed E-state index contributed by atoms with van der Waals surface area (Å²) in [5, 5.41) is 9.63. The summed E-state index contributed by atoms with van der Waals surface area (Å²) in [5.74, 6) is -0.826. The molecule has 10 heteroatoms. The Hall–Kier alpha value is -0.790. The predicted molar refractivity (Wildman–Crippen MR) is 95.0 cm³/mol. The molecule has 158 valence electrons. The molecule has 3 aliphatic rings. The number of aliphatic hydroxyl groups is 1. The fourth-order valence-electron chi connectivity index (χ4n) is 4.53. The van der Waals surface area contributed by atoms with Gasteiger partial charge in [-0.15, -0.1) is 0 Å². The Morgan fingerprint density at radius 3 is 2.54 bits per heavy atom. The van der Waals surface area contributed by atoms with Crippen molar-refractivity contribution in [1.29, 1.82) is 0 Å². The van der Waals surface area contributed by atoms with E-state index in [1.165, 1.54) is 4.57 Å². The van der Waals surface area contributed by atoms with Gasteiger partial charge in [0, 0.05) is 19.0 Å². The molecule has 0 amide bonds. The first-order valence-electron chi connectivity index (χ1n) is 9.51. The van der Waals surface area contributed by atoms with E-state index in [2.05, 4.69) is 12.0 Å². The quantitative estimate of drug-likeness (QED) is 0.326. The van der Waals surface area contributed by atoms with Crippen molar-refractivity contribution in [2.75, 3.05) is 26.7 Å². The average Bonchev–Trinajstić information content (AvgIpc) is 3.23. The van der Waals surface area contributed by atoms with Gasteiger partial charge in [0.1, 0.15) is 24.9 Å². The van der Waals surface area contributed by atoms with E-state index < -0.39 is 36.0 Å². The summed E-state index contributed by atoms with van der Waals surface area (Å²) in [6.07, 6.45) is 1.50. The van der Waals surface area contributed by atoms with Gasteiger partial charge in [0.05, 0.1) is 32.3 Å². The second kappa shape index (κ2) is 7.80. The molecule has 0 unspecified atom stereocenters. The largest absolute Gasteiger partial charge is 1.00 e. The summed E-state index contributed by atoms with van der Waals surface area (Å²) in [5.41, 5.74) is -0.368. The molecule has 3 saturated heterocycles. The van der Waals surface area contributed by atoms with E-state index in [4.69, 9.17) is 14.2 Å². The van der Waals surface area contributed by atoms with E-state index in [-0.39, 0.29) is 36.1 Å². The monoisotopic (exact) mass is 509 g/mol. The zero-order valence-corrected chi connectivity index (χ0v) is 18.5. The first-order chi connectivity index (χ1) is 12.7. The summed E-state index contributed by atoms with van der Waals surface area (Å²) in [7, 11) is 2.13. The molecule has 28 heavy (non-hydrogen) atoms. The number of aromatic amines is 1. The van der Waals surface area contributed by atoms with Crippen LogP contribution in [0.25, 0.3) is 0 Å². The number of aliphatic hydroxyl groups excluding tert-OH is 1. The third-order valence-electron chi connectivity index (χ3n) is 5.82.